The number of benzene rings is 1. The molecule has 4 aliphatic rings. The molecule has 0 aliphatic heterocycles. The number of nitrogens with zero attached hydrogens (tertiary/aromatic N) is 1. The smallest absolute Gasteiger partial charge is 0.302 e. The van der Waals surface area contributed by atoms with Gasteiger partial charge in [0, 0.05) is 24.7 Å². The van der Waals surface area contributed by atoms with Crippen LogP contribution in [0.3, 0.4) is 0 Å². The number of para-hydroxylation sites is 2. The van der Waals surface area contributed by atoms with E-state index >= 15 is 0 Å². The average Bonchev–Trinajstić information content (AvgIpc) is 3.51. The van der Waals surface area contributed by atoms with Crippen LogP contribution in [0.1, 0.15) is 117 Å². The molecule has 1 aromatic carbocycles. The molecular weight excluding hydrogens is 496 g/mol. The van der Waals surface area contributed by atoms with Crippen molar-refractivity contribution >= 4 is 17.0 Å². The van der Waals surface area contributed by atoms with Crippen molar-refractivity contribution in [1.82, 2.24) is 9.97 Å². The van der Waals surface area contributed by atoms with Gasteiger partial charge in [0.25, 0.3) is 0 Å². The predicted octanol–water partition coefficient (Wildman–Crippen LogP) is 8.03. The number of hydrogen-bond acceptors (Lipinski definition) is 4. The first kappa shape index (κ1) is 28.2. The molecule has 5 nitrogen and oxygen atoms in total. The van der Waals surface area contributed by atoms with Crippen molar-refractivity contribution in [2.75, 3.05) is 0 Å². The topological polar surface area (TPSA) is 75.2 Å². The molecule has 0 amide bonds. The summed E-state index contributed by atoms with van der Waals surface area (Å²) in [5.41, 5.74) is 1.15. The molecule has 0 bridgehead atoms. The minimum Gasteiger partial charge on any atom is -0.462 e. The van der Waals surface area contributed by atoms with Gasteiger partial charge in [-0.3, -0.25) is 4.79 Å². The lowest BCUT2D eigenvalue weighted by atomic mass is 9.53. The summed E-state index contributed by atoms with van der Waals surface area (Å²) in [6.07, 6.45) is 11.0. The zero-order valence-corrected chi connectivity index (χ0v) is 25.7. The van der Waals surface area contributed by atoms with Gasteiger partial charge in [-0.15, -0.1) is 0 Å². The van der Waals surface area contributed by atoms with Crippen LogP contribution in [0, 0.1) is 46.3 Å². The molecule has 10 atom stereocenters. The summed E-state index contributed by atoms with van der Waals surface area (Å²) in [5, 5.41) is 13.0. The van der Waals surface area contributed by atoms with Gasteiger partial charge in [-0.2, -0.15) is 0 Å². The summed E-state index contributed by atoms with van der Waals surface area (Å²) >= 11 is 0. The van der Waals surface area contributed by atoms with Crippen LogP contribution >= 0.6 is 0 Å². The maximum absolute atomic E-state index is 13.0. The molecule has 4 fully saturated rings. The Morgan fingerprint density at radius 3 is 2.58 bits per heavy atom. The summed E-state index contributed by atoms with van der Waals surface area (Å²) in [7, 11) is 0. The fourth-order valence-electron chi connectivity index (χ4n) is 11.0. The largest absolute Gasteiger partial charge is 0.462 e. The number of nitrogens with one attached hydrogen (secondary N) is 1. The molecule has 4 unspecified atom stereocenters. The molecule has 4 aliphatic carbocycles. The SMILES string of the molecule is CC(=O)O[C@H]1CC[C@]2(C)C3CC[C@@]4(C)C(CCC4[C@H](C)CCCC(C)C)C3[C@@H](c3nc4ccccc4[nH]3)[C@]2(O)C1. The van der Waals surface area contributed by atoms with Crippen LogP contribution in [0.15, 0.2) is 24.3 Å². The molecule has 4 saturated carbocycles. The van der Waals surface area contributed by atoms with Crippen molar-refractivity contribution in [2.45, 2.75) is 123 Å². The van der Waals surface area contributed by atoms with Gasteiger partial charge in [-0.1, -0.05) is 66.0 Å². The van der Waals surface area contributed by atoms with Gasteiger partial charge in [0.05, 0.1) is 16.6 Å². The van der Waals surface area contributed by atoms with Crippen LogP contribution in [0.5, 0.6) is 0 Å². The van der Waals surface area contributed by atoms with E-state index in [4.69, 9.17) is 9.72 Å². The zero-order valence-electron chi connectivity index (χ0n) is 25.7. The predicted molar refractivity (Wildman–Crippen MR) is 160 cm³/mol. The van der Waals surface area contributed by atoms with E-state index in [-0.39, 0.29) is 23.4 Å². The number of hydrogen-bond donors (Lipinski definition) is 2. The molecule has 0 radical (unpaired) electrons. The molecule has 5 heteroatoms. The Balaban J connectivity index is 1.39. The summed E-state index contributed by atoms with van der Waals surface area (Å²) in [6, 6.07) is 8.26. The van der Waals surface area contributed by atoms with E-state index in [9.17, 15) is 9.90 Å². The number of aliphatic hydroxyl groups is 1. The highest BCUT2D eigenvalue weighted by Gasteiger charge is 2.73. The second-order valence-electron chi connectivity index (χ2n) is 15.3. The Morgan fingerprint density at radius 1 is 1.07 bits per heavy atom. The highest BCUT2D eigenvalue weighted by atomic mass is 16.5. The lowest BCUT2D eigenvalue weighted by molar-refractivity contribution is -0.169. The lowest BCUT2D eigenvalue weighted by Crippen LogP contribution is -2.54. The second-order valence-corrected chi connectivity index (χ2v) is 15.3. The van der Waals surface area contributed by atoms with Crippen molar-refractivity contribution in [3.63, 3.8) is 0 Å². The van der Waals surface area contributed by atoms with Crippen molar-refractivity contribution in [2.24, 2.45) is 46.3 Å². The highest BCUT2D eigenvalue weighted by molar-refractivity contribution is 5.75. The monoisotopic (exact) mass is 548 g/mol. The Hall–Kier alpha value is -1.88. The number of carbonyl (C=O) groups excluding carboxylic acids is 1. The van der Waals surface area contributed by atoms with E-state index in [0.29, 0.717) is 29.6 Å². The van der Waals surface area contributed by atoms with Gasteiger partial charge in [0.2, 0.25) is 0 Å². The molecule has 1 aromatic heterocycles. The number of ether oxygens (including phenoxy) is 1. The van der Waals surface area contributed by atoms with Crippen molar-refractivity contribution in [3.05, 3.63) is 30.1 Å². The van der Waals surface area contributed by atoms with E-state index in [2.05, 4.69) is 57.8 Å². The average molecular weight is 549 g/mol. The standard InChI is InChI=1S/C35H52N2O3/c1-21(2)10-9-11-22(3)25-14-15-26-30-27(17-18-33(25,26)5)34(6)19-16-24(40-23(4)38)20-35(34,39)31(30)32-36-28-12-7-8-13-29(28)37-32/h7-8,12-13,21-22,24-27,30-31,39H,9-11,14-20H2,1-6H3,(H,36,37)/t22-,24+,25?,26?,27?,30?,31+,33-,34-,35-/m1/s1. The Labute approximate surface area is 241 Å². The van der Waals surface area contributed by atoms with E-state index in [1.807, 2.05) is 6.07 Å². The van der Waals surface area contributed by atoms with E-state index < -0.39 is 5.60 Å². The molecule has 0 saturated heterocycles. The molecule has 220 valence electrons. The first-order chi connectivity index (χ1) is 19.0. The molecule has 2 aromatic rings. The van der Waals surface area contributed by atoms with Gasteiger partial charge < -0.3 is 14.8 Å². The van der Waals surface area contributed by atoms with Crippen molar-refractivity contribution in [1.29, 1.82) is 0 Å². The first-order valence-electron chi connectivity index (χ1n) is 16.3. The number of rotatable bonds is 7. The van der Waals surface area contributed by atoms with Gasteiger partial charge >= 0.3 is 5.97 Å². The Bertz CT molecular complexity index is 1210. The zero-order chi connectivity index (χ0) is 28.4. The molecule has 40 heavy (non-hydrogen) atoms. The molecule has 6 rings (SSSR count). The number of fused-ring (bicyclic) bond motifs is 6. The van der Waals surface area contributed by atoms with E-state index in [1.165, 1.54) is 51.9 Å². The summed E-state index contributed by atoms with van der Waals surface area (Å²) < 4.78 is 5.79. The Morgan fingerprint density at radius 2 is 1.85 bits per heavy atom. The van der Waals surface area contributed by atoms with Crippen molar-refractivity contribution < 1.29 is 14.6 Å². The summed E-state index contributed by atoms with van der Waals surface area (Å²) in [5.74, 6) is 4.33. The van der Waals surface area contributed by atoms with Crippen LogP contribution in [0.2, 0.25) is 0 Å². The van der Waals surface area contributed by atoms with Gasteiger partial charge in [-0.05, 0) is 91.6 Å². The maximum atomic E-state index is 13.0. The quantitative estimate of drug-likeness (QED) is 0.343. The second kappa shape index (κ2) is 10.1. The lowest BCUT2D eigenvalue weighted by Gasteiger charge is -2.52. The summed E-state index contributed by atoms with van der Waals surface area (Å²) in [6.45, 7) is 13.7. The minimum atomic E-state index is -0.958. The third-order valence-corrected chi connectivity index (χ3v) is 12.8. The third-order valence-electron chi connectivity index (χ3n) is 12.8. The summed E-state index contributed by atoms with van der Waals surface area (Å²) in [4.78, 5) is 20.8. The fourth-order valence-corrected chi connectivity index (χ4v) is 11.0. The molecular formula is C35H52N2O3. The van der Waals surface area contributed by atoms with Crippen LogP contribution in [-0.2, 0) is 9.53 Å². The van der Waals surface area contributed by atoms with Crippen LogP contribution in [0.4, 0.5) is 0 Å². The normalized spacial score (nSPS) is 41.5. The van der Waals surface area contributed by atoms with Crippen LogP contribution in [-0.4, -0.2) is 32.7 Å². The number of esters is 1. The highest BCUT2D eigenvalue weighted by Crippen LogP contribution is 2.75. The van der Waals surface area contributed by atoms with E-state index in [1.54, 1.807) is 0 Å². The third kappa shape index (κ3) is 4.27. The first-order valence-corrected chi connectivity index (χ1v) is 16.3. The van der Waals surface area contributed by atoms with Gasteiger partial charge in [0.1, 0.15) is 11.9 Å². The number of imidazole rings is 1. The number of H-pyrrole nitrogens is 1. The Kier molecular flexibility index (Phi) is 7.16. The number of aromatic amines is 1. The van der Waals surface area contributed by atoms with Crippen molar-refractivity contribution in [3.8, 4) is 0 Å². The fraction of sp³-hybridized carbons (Fsp3) is 0.771. The number of aromatic nitrogens is 2. The van der Waals surface area contributed by atoms with Gasteiger partial charge in [0.15, 0.2) is 0 Å². The van der Waals surface area contributed by atoms with E-state index in [0.717, 1.165) is 47.5 Å². The molecule has 1 heterocycles. The van der Waals surface area contributed by atoms with Crippen LogP contribution in [0.25, 0.3) is 11.0 Å². The molecule has 2 N–H and O–H groups in total. The molecule has 0 spiro atoms. The maximum Gasteiger partial charge on any atom is 0.302 e. The minimum absolute atomic E-state index is 0.0760. The number of carbonyl (C=O) groups is 1. The van der Waals surface area contributed by atoms with Gasteiger partial charge in [-0.25, -0.2) is 4.98 Å². The van der Waals surface area contributed by atoms with Crippen LogP contribution < -0.4 is 0 Å².